The molecule has 31 heavy (non-hydrogen) atoms. The Hall–Kier alpha value is -3.91. The number of aryl methyl sites for hydroxylation is 2. The van der Waals surface area contributed by atoms with Crippen molar-refractivity contribution in [3.63, 3.8) is 0 Å². The topological polar surface area (TPSA) is 16.1 Å². The van der Waals surface area contributed by atoms with Crippen LogP contribution in [0.4, 0.5) is 17.1 Å². The lowest BCUT2D eigenvalue weighted by Gasteiger charge is -2.27. The molecule has 5 aromatic rings. The molecule has 4 aromatic carbocycles. The fourth-order valence-electron chi connectivity index (χ4n) is 4.70. The molecule has 0 amide bonds. The van der Waals surface area contributed by atoms with Crippen LogP contribution in [0.2, 0.25) is 0 Å². The summed E-state index contributed by atoms with van der Waals surface area (Å²) in [5.41, 5.74) is 8.60. The minimum absolute atomic E-state index is 1.02. The van der Waals surface area contributed by atoms with Crippen molar-refractivity contribution in [1.82, 2.24) is 4.98 Å². The largest absolute Gasteiger partial charge is 0.310 e. The third-order valence-electron chi connectivity index (χ3n) is 6.18. The Labute approximate surface area is 182 Å². The van der Waals surface area contributed by atoms with Gasteiger partial charge in [-0.15, -0.1) is 0 Å². The lowest BCUT2D eigenvalue weighted by molar-refractivity contribution is 0.977. The monoisotopic (exact) mass is 398 g/mol. The van der Waals surface area contributed by atoms with Gasteiger partial charge in [-0.1, -0.05) is 72.8 Å². The summed E-state index contributed by atoms with van der Waals surface area (Å²) >= 11 is 0. The van der Waals surface area contributed by atoms with Crippen LogP contribution in [-0.2, 0) is 12.8 Å². The predicted octanol–water partition coefficient (Wildman–Crippen LogP) is 7.47. The highest BCUT2D eigenvalue weighted by Gasteiger charge is 2.22. The van der Waals surface area contributed by atoms with Gasteiger partial charge in [0.15, 0.2) is 0 Å². The number of hydrogen-bond acceptors (Lipinski definition) is 2. The number of pyridine rings is 1. The number of aromatic nitrogens is 1. The maximum atomic E-state index is 4.75. The fourth-order valence-corrected chi connectivity index (χ4v) is 4.70. The van der Waals surface area contributed by atoms with E-state index >= 15 is 0 Å². The third-order valence-corrected chi connectivity index (χ3v) is 6.18. The molecule has 0 fully saturated rings. The Kier molecular flexibility index (Phi) is 4.28. The zero-order valence-electron chi connectivity index (χ0n) is 17.2. The number of hydrogen-bond donors (Lipinski definition) is 0. The minimum Gasteiger partial charge on any atom is -0.310 e. The van der Waals surface area contributed by atoms with Gasteiger partial charge in [-0.05, 0) is 59.7 Å². The predicted molar refractivity (Wildman–Crippen MR) is 129 cm³/mol. The highest BCUT2D eigenvalue weighted by Crippen LogP contribution is 2.42. The van der Waals surface area contributed by atoms with Gasteiger partial charge < -0.3 is 4.90 Å². The first-order chi connectivity index (χ1) is 15.4. The van der Waals surface area contributed by atoms with Crippen LogP contribution in [0.3, 0.4) is 0 Å². The average Bonchev–Trinajstić information content (AvgIpc) is 3.01. The van der Waals surface area contributed by atoms with Gasteiger partial charge in [0.1, 0.15) is 0 Å². The van der Waals surface area contributed by atoms with Gasteiger partial charge in [-0.2, -0.15) is 0 Å². The zero-order valence-corrected chi connectivity index (χ0v) is 17.2. The van der Waals surface area contributed by atoms with E-state index in [-0.39, 0.29) is 0 Å². The molecule has 0 radical (unpaired) electrons. The molecule has 0 aliphatic carbocycles. The lowest BCUT2D eigenvalue weighted by atomic mass is 10.0. The van der Waals surface area contributed by atoms with Crippen LogP contribution in [0.1, 0.15) is 11.1 Å². The van der Waals surface area contributed by atoms with Crippen molar-refractivity contribution in [2.45, 2.75) is 12.8 Å². The van der Waals surface area contributed by atoms with Gasteiger partial charge in [-0.25, -0.2) is 0 Å². The highest BCUT2D eigenvalue weighted by atomic mass is 15.1. The molecule has 1 aromatic heterocycles. The van der Waals surface area contributed by atoms with Crippen molar-refractivity contribution in [2.75, 3.05) is 4.90 Å². The van der Waals surface area contributed by atoms with E-state index in [1.165, 1.54) is 33.3 Å². The van der Waals surface area contributed by atoms with Crippen LogP contribution >= 0.6 is 0 Å². The molecule has 0 unspecified atom stereocenters. The first kappa shape index (κ1) is 17.9. The van der Waals surface area contributed by atoms with Crippen molar-refractivity contribution in [1.29, 1.82) is 0 Å². The van der Waals surface area contributed by atoms with Gasteiger partial charge in [0, 0.05) is 34.2 Å². The van der Waals surface area contributed by atoms with E-state index in [9.17, 15) is 0 Å². The second kappa shape index (κ2) is 7.41. The van der Waals surface area contributed by atoms with Crippen molar-refractivity contribution in [3.8, 4) is 11.3 Å². The lowest BCUT2D eigenvalue weighted by Crippen LogP contribution is -2.11. The van der Waals surface area contributed by atoms with Crippen molar-refractivity contribution >= 4 is 27.8 Å². The number of rotatable bonds is 2. The number of nitrogens with zero attached hydrogens (tertiary/aromatic N) is 2. The number of benzene rings is 4. The molecule has 2 heterocycles. The van der Waals surface area contributed by atoms with Gasteiger partial charge in [-0.3, -0.25) is 4.98 Å². The van der Waals surface area contributed by atoms with E-state index in [0.29, 0.717) is 0 Å². The number of anilines is 3. The molecular formula is C29H22N2. The third kappa shape index (κ3) is 3.08. The minimum atomic E-state index is 1.02. The summed E-state index contributed by atoms with van der Waals surface area (Å²) in [4.78, 5) is 7.16. The standard InChI is InChI=1S/C29H22N2/c1-4-13-26-21(8-1)18-19-30-29(26)24-11-7-12-25(20-24)31-27-14-5-2-9-22(27)16-17-23-10-3-6-15-28(23)31/h1-15,18-20H,16-17H2. The summed E-state index contributed by atoms with van der Waals surface area (Å²) in [7, 11) is 0. The second-order valence-corrected chi connectivity index (χ2v) is 8.02. The number of fused-ring (bicyclic) bond motifs is 3. The fraction of sp³-hybridized carbons (Fsp3) is 0.0690. The van der Waals surface area contributed by atoms with E-state index in [2.05, 4.69) is 108 Å². The van der Waals surface area contributed by atoms with E-state index in [0.717, 1.165) is 29.8 Å². The molecule has 0 atom stereocenters. The van der Waals surface area contributed by atoms with Crippen LogP contribution in [0, 0.1) is 0 Å². The van der Waals surface area contributed by atoms with E-state index < -0.39 is 0 Å². The molecule has 0 saturated carbocycles. The average molecular weight is 399 g/mol. The van der Waals surface area contributed by atoms with E-state index in [1.807, 2.05) is 6.20 Å². The molecule has 0 bridgehead atoms. The molecule has 6 rings (SSSR count). The van der Waals surface area contributed by atoms with Crippen molar-refractivity contribution in [3.05, 3.63) is 120 Å². The van der Waals surface area contributed by atoms with Crippen LogP contribution in [0.5, 0.6) is 0 Å². The van der Waals surface area contributed by atoms with Crippen LogP contribution < -0.4 is 4.90 Å². The van der Waals surface area contributed by atoms with Crippen LogP contribution in [0.25, 0.3) is 22.0 Å². The number of para-hydroxylation sites is 2. The summed E-state index contributed by atoms with van der Waals surface area (Å²) < 4.78 is 0. The Morgan fingerprint density at radius 3 is 2.06 bits per heavy atom. The van der Waals surface area contributed by atoms with Gasteiger partial charge in [0.25, 0.3) is 0 Å². The van der Waals surface area contributed by atoms with Crippen LogP contribution in [-0.4, -0.2) is 4.98 Å². The van der Waals surface area contributed by atoms with Gasteiger partial charge in [0.2, 0.25) is 0 Å². The quantitative estimate of drug-likeness (QED) is 0.306. The summed E-state index contributed by atoms with van der Waals surface area (Å²) in [6, 6.07) is 36.8. The summed E-state index contributed by atoms with van der Waals surface area (Å²) in [6.07, 6.45) is 4.00. The molecule has 2 heteroatoms. The Bertz CT molecular complexity index is 1350. The first-order valence-electron chi connectivity index (χ1n) is 10.8. The van der Waals surface area contributed by atoms with Crippen molar-refractivity contribution < 1.29 is 0 Å². The van der Waals surface area contributed by atoms with Gasteiger partial charge in [0.05, 0.1) is 5.69 Å². The molecule has 148 valence electrons. The van der Waals surface area contributed by atoms with Gasteiger partial charge >= 0.3 is 0 Å². The smallest absolute Gasteiger partial charge is 0.0781 e. The maximum absolute atomic E-state index is 4.75. The summed E-state index contributed by atoms with van der Waals surface area (Å²) in [6.45, 7) is 0. The van der Waals surface area contributed by atoms with Crippen LogP contribution in [0.15, 0.2) is 109 Å². The van der Waals surface area contributed by atoms with Crippen molar-refractivity contribution in [2.24, 2.45) is 0 Å². The molecule has 1 aliphatic heterocycles. The summed E-state index contributed by atoms with van der Waals surface area (Å²) in [5, 5.41) is 2.39. The molecule has 0 spiro atoms. The Balaban J connectivity index is 1.56. The molecule has 2 nitrogen and oxygen atoms in total. The Morgan fingerprint density at radius 2 is 1.29 bits per heavy atom. The SMILES string of the molecule is c1cc(-c2nccc3ccccc23)cc(N2c3ccccc3CCc3ccccc32)c1. The first-order valence-corrected chi connectivity index (χ1v) is 10.8. The molecule has 0 saturated heterocycles. The molecule has 1 aliphatic rings. The Morgan fingerprint density at radius 1 is 0.613 bits per heavy atom. The molecular weight excluding hydrogens is 376 g/mol. The maximum Gasteiger partial charge on any atom is 0.0781 e. The zero-order chi connectivity index (χ0) is 20.6. The molecule has 0 N–H and O–H groups in total. The van der Waals surface area contributed by atoms with E-state index in [1.54, 1.807) is 0 Å². The highest BCUT2D eigenvalue weighted by molar-refractivity contribution is 5.95. The second-order valence-electron chi connectivity index (χ2n) is 8.02. The summed E-state index contributed by atoms with van der Waals surface area (Å²) in [5.74, 6) is 0. The normalized spacial score (nSPS) is 12.8. The van der Waals surface area contributed by atoms with E-state index in [4.69, 9.17) is 4.98 Å².